The fourth-order valence-corrected chi connectivity index (χ4v) is 2.45. The van der Waals surface area contributed by atoms with E-state index in [1.54, 1.807) is 36.4 Å². The minimum Gasteiger partial charge on any atom is -0.489 e. The van der Waals surface area contributed by atoms with E-state index in [9.17, 15) is 14.0 Å². The molecule has 0 saturated heterocycles. The standard InChI is InChI=1S/C21H17FN2O3/c22-17-4-1-3-14(11-17)13-27-19-6-2-5-18(12-19)24-21(26)16-9-7-15(8-10-16)20(23)25/h1-12H,13H2,(H2,23,25)(H,24,26). The number of hydrogen-bond acceptors (Lipinski definition) is 3. The molecule has 0 aliphatic heterocycles. The van der Waals surface area contributed by atoms with Crippen LogP contribution in [-0.4, -0.2) is 11.8 Å². The molecule has 0 aromatic heterocycles. The molecule has 0 aliphatic carbocycles. The highest BCUT2D eigenvalue weighted by Crippen LogP contribution is 2.19. The van der Waals surface area contributed by atoms with Crippen LogP contribution in [0.5, 0.6) is 5.75 Å². The lowest BCUT2D eigenvalue weighted by Crippen LogP contribution is -2.14. The molecule has 27 heavy (non-hydrogen) atoms. The lowest BCUT2D eigenvalue weighted by atomic mass is 10.1. The van der Waals surface area contributed by atoms with Crippen molar-refractivity contribution in [1.29, 1.82) is 0 Å². The number of halogens is 1. The van der Waals surface area contributed by atoms with E-state index in [0.29, 0.717) is 28.1 Å². The molecule has 3 aromatic carbocycles. The van der Waals surface area contributed by atoms with Gasteiger partial charge in [-0.25, -0.2) is 4.39 Å². The highest BCUT2D eigenvalue weighted by Gasteiger charge is 2.08. The quantitative estimate of drug-likeness (QED) is 0.699. The van der Waals surface area contributed by atoms with E-state index in [1.807, 2.05) is 0 Å². The average Bonchev–Trinajstić information content (AvgIpc) is 2.67. The molecule has 0 saturated carbocycles. The monoisotopic (exact) mass is 364 g/mol. The molecule has 2 amide bonds. The molecule has 6 heteroatoms. The molecular weight excluding hydrogens is 347 g/mol. The number of ether oxygens (including phenoxy) is 1. The molecule has 0 aliphatic rings. The number of primary amides is 1. The van der Waals surface area contributed by atoms with Crippen molar-refractivity contribution in [2.45, 2.75) is 6.61 Å². The fourth-order valence-electron chi connectivity index (χ4n) is 2.45. The SMILES string of the molecule is NC(=O)c1ccc(C(=O)Nc2cccc(OCc3cccc(F)c3)c2)cc1. The molecule has 3 rings (SSSR count). The summed E-state index contributed by atoms with van der Waals surface area (Å²) in [5.74, 6) is -0.654. The Bertz CT molecular complexity index is 971. The van der Waals surface area contributed by atoms with Gasteiger partial charge in [0, 0.05) is 22.9 Å². The van der Waals surface area contributed by atoms with Crippen molar-refractivity contribution in [1.82, 2.24) is 0 Å². The molecule has 5 nitrogen and oxygen atoms in total. The van der Waals surface area contributed by atoms with Crippen LogP contribution < -0.4 is 15.8 Å². The second-order valence-electron chi connectivity index (χ2n) is 5.84. The molecule has 0 bridgehead atoms. The number of carbonyl (C=O) groups is 2. The van der Waals surface area contributed by atoms with Gasteiger partial charge in [-0.3, -0.25) is 9.59 Å². The second kappa shape index (κ2) is 8.14. The largest absolute Gasteiger partial charge is 0.489 e. The van der Waals surface area contributed by atoms with Crippen LogP contribution in [0.4, 0.5) is 10.1 Å². The highest BCUT2D eigenvalue weighted by atomic mass is 19.1. The van der Waals surface area contributed by atoms with Gasteiger partial charge in [-0.05, 0) is 54.1 Å². The van der Waals surface area contributed by atoms with Gasteiger partial charge in [0.15, 0.2) is 0 Å². The molecule has 0 spiro atoms. The second-order valence-corrected chi connectivity index (χ2v) is 5.84. The predicted octanol–water partition coefficient (Wildman–Crippen LogP) is 3.76. The number of nitrogens with one attached hydrogen (secondary N) is 1. The number of benzene rings is 3. The molecule has 0 atom stereocenters. The molecule has 3 N–H and O–H groups in total. The number of amides is 2. The Morgan fingerprint density at radius 3 is 2.33 bits per heavy atom. The first-order valence-electron chi connectivity index (χ1n) is 8.20. The van der Waals surface area contributed by atoms with Crippen LogP contribution in [0.15, 0.2) is 72.8 Å². The summed E-state index contributed by atoms with van der Waals surface area (Å²) >= 11 is 0. The maximum absolute atomic E-state index is 13.2. The van der Waals surface area contributed by atoms with E-state index in [4.69, 9.17) is 10.5 Å². The number of nitrogens with two attached hydrogens (primary N) is 1. The summed E-state index contributed by atoms with van der Waals surface area (Å²) in [6.45, 7) is 0.212. The molecule has 0 fully saturated rings. The summed E-state index contributed by atoms with van der Waals surface area (Å²) in [7, 11) is 0. The van der Waals surface area contributed by atoms with Crippen LogP contribution in [0, 0.1) is 5.82 Å². The summed E-state index contributed by atoms with van der Waals surface area (Å²) in [6, 6.07) is 19.1. The van der Waals surface area contributed by atoms with Crippen molar-refractivity contribution in [2.75, 3.05) is 5.32 Å². The lowest BCUT2D eigenvalue weighted by Gasteiger charge is -2.10. The third kappa shape index (κ3) is 4.92. The summed E-state index contributed by atoms with van der Waals surface area (Å²) in [6.07, 6.45) is 0. The van der Waals surface area contributed by atoms with E-state index in [2.05, 4.69) is 5.32 Å². The van der Waals surface area contributed by atoms with Gasteiger partial charge >= 0.3 is 0 Å². The zero-order valence-electron chi connectivity index (χ0n) is 14.3. The Hall–Kier alpha value is -3.67. The van der Waals surface area contributed by atoms with Crippen molar-refractivity contribution < 1.29 is 18.7 Å². The average molecular weight is 364 g/mol. The van der Waals surface area contributed by atoms with Crippen LogP contribution in [0.3, 0.4) is 0 Å². The Labute approximate surface area is 155 Å². The van der Waals surface area contributed by atoms with Crippen LogP contribution in [0.25, 0.3) is 0 Å². The Morgan fingerprint density at radius 2 is 1.63 bits per heavy atom. The van der Waals surface area contributed by atoms with Crippen molar-refractivity contribution >= 4 is 17.5 Å². The van der Waals surface area contributed by atoms with Gasteiger partial charge in [-0.2, -0.15) is 0 Å². The van der Waals surface area contributed by atoms with Crippen LogP contribution in [0.2, 0.25) is 0 Å². The smallest absolute Gasteiger partial charge is 0.255 e. The maximum atomic E-state index is 13.2. The van der Waals surface area contributed by atoms with Gasteiger partial charge in [0.25, 0.3) is 5.91 Å². The molecule has 136 valence electrons. The lowest BCUT2D eigenvalue weighted by molar-refractivity contribution is 0.0995. The normalized spacial score (nSPS) is 10.3. The molecule has 0 unspecified atom stereocenters. The van der Waals surface area contributed by atoms with Gasteiger partial charge in [0.05, 0.1) is 0 Å². The third-order valence-corrected chi connectivity index (χ3v) is 3.82. The topological polar surface area (TPSA) is 81.4 Å². The van der Waals surface area contributed by atoms with Crippen LogP contribution in [-0.2, 0) is 6.61 Å². The third-order valence-electron chi connectivity index (χ3n) is 3.82. The summed E-state index contributed by atoms with van der Waals surface area (Å²) in [4.78, 5) is 23.4. The van der Waals surface area contributed by atoms with E-state index in [0.717, 1.165) is 0 Å². The summed E-state index contributed by atoms with van der Waals surface area (Å²) < 4.78 is 18.8. The van der Waals surface area contributed by atoms with Crippen molar-refractivity contribution in [2.24, 2.45) is 5.73 Å². The van der Waals surface area contributed by atoms with Crippen molar-refractivity contribution in [3.05, 3.63) is 95.3 Å². The van der Waals surface area contributed by atoms with Gasteiger partial charge in [-0.15, -0.1) is 0 Å². The summed E-state index contributed by atoms with van der Waals surface area (Å²) in [5, 5.41) is 2.76. The minimum atomic E-state index is -0.551. The first-order chi connectivity index (χ1) is 13.0. The van der Waals surface area contributed by atoms with Gasteiger partial charge < -0.3 is 15.8 Å². The zero-order chi connectivity index (χ0) is 19.2. The van der Waals surface area contributed by atoms with Gasteiger partial charge in [0.2, 0.25) is 5.91 Å². The van der Waals surface area contributed by atoms with Crippen molar-refractivity contribution in [3.63, 3.8) is 0 Å². The van der Waals surface area contributed by atoms with Crippen molar-refractivity contribution in [3.8, 4) is 5.75 Å². The van der Waals surface area contributed by atoms with E-state index < -0.39 is 5.91 Å². The highest BCUT2D eigenvalue weighted by molar-refractivity contribution is 6.05. The fraction of sp³-hybridized carbons (Fsp3) is 0.0476. The molecular formula is C21H17FN2O3. The number of hydrogen-bond donors (Lipinski definition) is 2. The number of anilines is 1. The van der Waals surface area contributed by atoms with E-state index in [1.165, 1.54) is 36.4 Å². The van der Waals surface area contributed by atoms with Crippen LogP contribution in [0.1, 0.15) is 26.3 Å². The van der Waals surface area contributed by atoms with Gasteiger partial charge in [-0.1, -0.05) is 18.2 Å². The minimum absolute atomic E-state index is 0.212. The molecule has 0 radical (unpaired) electrons. The van der Waals surface area contributed by atoms with Gasteiger partial charge in [0.1, 0.15) is 18.2 Å². The first kappa shape index (κ1) is 18.1. The molecule has 3 aromatic rings. The first-order valence-corrected chi connectivity index (χ1v) is 8.20. The maximum Gasteiger partial charge on any atom is 0.255 e. The number of carbonyl (C=O) groups excluding carboxylic acids is 2. The molecule has 0 heterocycles. The Morgan fingerprint density at radius 1 is 0.926 bits per heavy atom. The van der Waals surface area contributed by atoms with Crippen LogP contribution >= 0.6 is 0 Å². The number of rotatable bonds is 6. The van der Waals surface area contributed by atoms with E-state index in [-0.39, 0.29) is 18.3 Å². The summed E-state index contributed by atoms with van der Waals surface area (Å²) in [5.41, 5.74) is 7.17. The Balaban J connectivity index is 1.64. The Kier molecular flexibility index (Phi) is 5.47. The predicted molar refractivity (Wildman–Crippen MR) is 100 cm³/mol. The zero-order valence-corrected chi connectivity index (χ0v) is 14.3. The van der Waals surface area contributed by atoms with E-state index >= 15 is 0 Å².